The van der Waals surface area contributed by atoms with Gasteiger partial charge in [-0.25, -0.2) is 4.72 Å². The first-order chi connectivity index (χ1) is 20.1. The first-order valence-corrected chi connectivity index (χ1v) is 16.6. The number of nitrogens with one attached hydrogen (secondary N) is 1. The van der Waals surface area contributed by atoms with Crippen molar-refractivity contribution >= 4 is 27.0 Å². The van der Waals surface area contributed by atoms with Gasteiger partial charge in [-0.3, -0.25) is 9.69 Å². The number of carbonyl (C=O) groups is 1. The van der Waals surface area contributed by atoms with Gasteiger partial charge in [-0.2, -0.15) is 12.7 Å². The summed E-state index contributed by atoms with van der Waals surface area (Å²) < 4.78 is 38.7. The molecule has 1 atom stereocenters. The normalized spacial score (nSPS) is 23.3. The summed E-state index contributed by atoms with van der Waals surface area (Å²) in [6, 6.07) is 12.2. The lowest BCUT2D eigenvalue weighted by Crippen LogP contribution is -2.46. The summed E-state index contributed by atoms with van der Waals surface area (Å²) in [6.45, 7) is 5.79. The van der Waals surface area contributed by atoms with Gasteiger partial charge in [-0.1, -0.05) is 37.5 Å². The van der Waals surface area contributed by atoms with Crippen LogP contribution in [0.2, 0.25) is 0 Å². The van der Waals surface area contributed by atoms with Gasteiger partial charge in [-0.05, 0) is 69.1 Å². The van der Waals surface area contributed by atoms with Gasteiger partial charge in [0, 0.05) is 61.8 Å². The van der Waals surface area contributed by atoms with Crippen molar-refractivity contribution in [3.8, 4) is 17.0 Å². The smallest absolute Gasteiger partial charge is 0.303 e. The second-order valence-electron chi connectivity index (χ2n) is 12.4. The molecule has 1 aliphatic carbocycles. The van der Waals surface area contributed by atoms with E-state index in [2.05, 4.69) is 51.3 Å². The number of fused-ring (bicyclic) bond motifs is 4. The fourth-order valence-corrected chi connectivity index (χ4v) is 7.68. The van der Waals surface area contributed by atoms with E-state index in [1.54, 1.807) is 6.07 Å². The lowest BCUT2D eigenvalue weighted by Gasteiger charge is -2.34. The van der Waals surface area contributed by atoms with Crippen LogP contribution in [0.5, 0.6) is 5.75 Å². The molecule has 3 heterocycles. The lowest BCUT2D eigenvalue weighted by molar-refractivity contribution is 0.0979. The molecule has 4 bridgehead atoms. The third kappa shape index (κ3) is 5.45. The van der Waals surface area contributed by atoms with Crippen molar-refractivity contribution in [3.05, 3.63) is 53.1 Å². The Morgan fingerprint density at radius 3 is 2.50 bits per heavy atom. The standard InChI is InChI=1S/C32H43N5O4S/c1-22-9-8-12-27-30-29(23-10-6-5-7-11-23)26-14-13-24-19-28(26)37(30)20-25(21-41-31(22)27)35(3)17-15-34(2)16-18-36(4)42(39,40)33-32(24)38/h8-9,12-14,19,23,25H,5-7,10-11,15-18,20-21H2,1-4H3,(H,33,38). The number of amides is 1. The Kier molecular flexibility index (Phi) is 8.08. The topological polar surface area (TPSA) is 87.1 Å². The zero-order valence-corrected chi connectivity index (χ0v) is 26.0. The Balaban J connectivity index is 1.60. The van der Waals surface area contributed by atoms with E-state index in [1.807, 2.05) is 19.2 Å². The number of likely N-dealkylation sites (N-methyl/N-ethyl adjacent to an activating group) is 3. The minimum atomic E-state index is -3.98. The fourth-order valence-electron chi connectivity index (χ4n) is 6.85. The van der Waals surface area contributed by atoms with Crippen molar-refractivity contribution in [1.82, 2.24) is 23.4 Å². The van der Waals surface area contributed by atoms with E-state index in [1.165, 1.54) is 41.9 Å². The van der Waals surface area contributed by atoms with Gasteiger partial charge in [-0.15, -0.1) is 0 Å². The van der Waals surface area contributed by atoms with Gasteiger partial charge in [0.1, 0.15) is 12.4 Å². The minimum absolute atomic E-state index is 0.105. The number of nitrogens with zero attached hydrogens (tertiary/aromatic N) is 4. The summed E-state index contributed by atoms with van der Waals surface area (Å²) in [5, 5.41) is 1.14. The largest absolute Gasteiger partial charge is 0.491 e. The Morgan fingerprint density at radius 1 is 0.952 bits per heavy atom. The van der Waals surface area contributed by atoms with Crippen molar-refractivity contribution in [2.75, 3.05) is 53.9 Å². The molecule has 1 N–H and O–H groups in total. The maximum Gasteiger partial charge on any atom is 0.303 e. The van der Waals surface area contributed by atoms with E-state index in [-0.39, 0.29) is 12.6 Å². The number of hydrogen-bond acceptors (Lipinski definition) is 6. The number of aryl methyl sites for hydroxylation is 1. The third-order valence-electron chi connectivity index (χ3n) is 9.55. The molecule has 0 spiro atoms. The Bertz CT molecular complexity index is 1590. The predicted molar refractivity (Wildman–Crippen MR) is 166 cm³/mol. The molecule has 10 heteroatoms. The molecule has 42 heavy (non-hydrogen) atoms. The molecule has 1 aromatic heterocycles. The lowest BCUT2D eigenvalue weighted by atomic mass is 9.81. The van der Waals surface area contributed by atoms with Crippen LogP contribution in [0.3, 0.4) is 0 Å². The number of carbonyl (C=O) groups excluding carboxylic acids is 1. The number of rotatable bonds is 1. The Labute approximate surface area is 249 Å². The molecular weight excluding hydrogens is 550 g/mol. The van der Waals surface area contributed by atoms with Gasteiger partial charge in [0.25, 0.3) is 5.91 Å². The van der Waals surface area contributed by atoms with Gasteiger partial charge < -0.3 is 14.2 Å². The SMILES string of the molecule is Cc1cccc2c1OCC1Cn3c-2c(C2CCCCC2)c2ccc(cc23)C(=O)NS(=O)(=O)N(C)CCN(C)CCN1C. The summed E-state index contributed by atoms with van der Waals surface area (Å²) in [7, 11) is 1.67. The third-order valence-corrected chi connectivity index (χ3v) is 11.0. The average molecular weight is 594 g/mol. The van der Waals surface area contributed by atoms with Crippen LogP contribution < -0.4 is 9.46 Å². The number of ether oxygens (including phenoxy) is 1. The van der Waals surface area contributed by atoms with E-state index in [9.17, 15) is 13.2 Å². The van der Waals surface area contributed by atoms with Crippen molar-refractivity contribution in [2.24, 2.45) is 0 Å². The van der Waals surface area contributed by atoms with Crippen LogP contribution in [0.1, 0.15) is 59.5 Å². The molecule has 2 aromatic carbocycles. The monoisotopic (exact) mass is 593 g/mol. The van der Waals surface area contributed by atoms with Crippen molar-refractivity contribution in [3.63, 3.8) is 0 Å². The molecule has 6 rings (SSSR count). The molecule has 0 radical (unpaired) electrons. The molecule has 3 aromatic rings. The summed E-state index contributed by atoms with van der Waals surface area (Å²) in [5.41, 5.74) is 6.03. The summed E-state index contributed by atoms with van der Waals surface area (Å²) in [4.78, 5) is 17.9. The van der Waals surface area contributed by atoms with Crippen molar-refractivity contribution < 1.29 is 17.9 Å². The number of hydrogen-bond donors (Lipinski definition) is 1. The Morgan fingerprint density at radius 2 is 1.71 bits per heavy atom. The van der Waals surface area contributed by atoms with Gasteiger partial charge in [0.15, 0.2) is 0 Å². The maximum absolute atomic E-state index is 13.4. The second-order valence-corrected chi connectivity index (χ2v) is 14.2. The molecule has 2 aliphatic heterocycles. The zero-order chi connectivity index (χ0) is 29.6. The second kappa shape index (κ2) is 11.6. The highest BCUT2D eigenvalue weighted by Crippen LogP contribution is 2.47. The number of aromatic nitrogens is 1. The van der Waals surface area contributed by atoms with Crippen LogP contribution in [-0.4, -0.2) is 93.0 Å². The van der Waals surface area contributed by atoms with Gasteiger partial charge in [0.2, 0.25) is 0 Å². The van der Waals surface area contributed by atoms with E-state index in [0.29, 0.717) is 31.2 Å². The van der Waals surface area contributed by atoms with Crippen molar-refractivity contribution in [2.45, 2.75) is 57.5 Å². The number of benzene rings is 2. The first kappa shape index (κ1) is 29.2. The zero-order valence-electron chi connectivity index (χ0n) is 25.2. The average Bonchev–Trinajstić information content (AvgIpc) is 3.28. The molecule has 9 nitrogen and oxygen atoms in total. The molecule has 1 amide bonds. The van der Waals surface area contributed by atoms with Crippen LogP contribution in [0.25, 0.3) is 22.2 Å². The summed E-state index contributed by atoms with van der Waals surface area (Å²) >= 11 is 0. The highest BCUT2D eigenvalue weighted by Gasteiger charge is 2.32. The molecule has 1 saturated carbocycles. The van der Waals surface area contributed by atoms with E-state index in [0.717, 1.165) is 53.7 Å². The summed E-state index contributed by atoms with van der Waals surface area (Å²) in [6.07, 6.45) is 5.95. The molecule has 226 valence electrons. The van der Waals surface area contributed by atoms with Crippen LogP contribution >= 0.6 is 0 Å². The van der Waals surface area contributed by atoms with Gasteiger partial charge >= 0.3 is 10.2 Å². The molecule has 0 saturated heterocycles. The van der Waals surface area contributed by atoms with Gasteiger partial charge in [0.05, 0.1) is 11.7 Å². The van der Waals surface area contributed by atoms with Crippen LogP contribution in [0, 0.1) is 6.92 Å². The molecule has 1 fully saturated rings. The van der Waals surface area contributed by atoms with Crippen molar-refractivity contribution in [1.29, 1.82) is 0 Å². The quantitative estimate of drug-likeness (QED) is 0.455. The highest BCUT2D eigenvalue weighted by atomic mass is 32.2. The number of para-hydroxylation sites is 1. The van der Waals surface area contributed by atoms with E-state index >= 15 is 0 Å². The minimum Gasteiger partial charge on any atom is -0.491 e. The first-order valence-electron chi connectivity index (χ1n) is 15.2. The maximum atomic E-state index is 13.4. The molecule has 1 unspecified atom stereocenters. The Hall–Kier alpha value is -2.92. The fraction of sp³-hybridized carbons (Fsp3) is 0.531. The molecular formula is C32H43N5O4S. The van der Waals surface area contributed by atoms with Crippen LogP contribution in [-0.2, 0) is 16.8 Å². The summed E-state index contributed by atoms with van der Waals surface area (Å²) in [5.74, 6) is 0.728. The van der Waals surface area contributed by atoms with E-state index < -0.39 is 16.1 Å². The van der Waals surface area contributed by atoms with Crippen LogP contribution in [0.4, 0.5) is 0 Å². The predicted octanol–water partition coefficient (Wildman–Crippen LogP) is 4.21. The highest BCUT2D eigenvalue weighted by molar-refractivity contribution is 7.87. The van der Waals surface area contributed by atoms with Crippen LogP contribution in [0.15, 0.2) is 36.4 Å². The van der Waals surface area contributed by atoms with E-state index in [4.69, 9.17) is 4.74 Å². The molecule has 3 aliphatic rings.